The number of carbonyl (C=O) groups is 1. The summed E-state index contributed by atoms with van der Waals surface area (Å²) < 4.78 is 1.60. The first kappa shape index (κ1) is 19.6. The van der Waals surface area contributed by atoms with Gasteiger partial charge in [0.05, 0.1) is 12.1 Å². The van der Waals surface area contributed by atoms with Crippen molar-refractivity contribution in [1.82, 2.24) is 14.7 Å². The van der Waals surface area contributed by atoms with Crippen molar-refractivity contribution in [3.63, 3.8) is 0 Å². The van der Waals surface area contributed by atoms with Crippen LogP contribution in [0.4, 0.5) is 0 Å². The molecule has 0 N–H and O–H groups in total. The highest BCUT2D eigenvalue weighted by Crippen LogP contribution is 2.22. The average molecular weight is 408 g/mol. The molecular weight excluding hydrogens is 382 g/mol. The van der Waals surface area contributed by atoms with Gasteiger partial charge in [0.1, 0.15) is 0 Å². The van der Waals surface area contributed by atoms with Crippen LogP contribution in [-0.4, -0.2) is 33.7 Å². The number of likely N-dealkylation sites (tertiary alicyclic amines) is 1. The molecule has 0 saturated carbocycles. The van der Waals surface area contributed by atoms with Crippen LogP contribution in [0, 0.1) is 12.8 Å². The minimum Gasteiger partial charge on any atom is -0.342 e. The number of aryl methyl sites for hydroxylation is 1. The van der Waals surface area contributed by atoms with Gasteiger partial charge in [-0.25, -0.2) is 4.68 Å². The largest absolute Gasteiger partial charge is 0.342 e. The first-order chi connectivity index (χ1) is 14.1. The van der Waals surface area contributed by atoms with Crippen molar-refractivity contribution in [3.05, 3.63) is 74.7 Å². The summed E-state index contributed by atoms with van der Waals surface area (Å²) in [5.41, 5.74) is 2.71. The van der Waals surface area contributed by atoms with Gasteiger partial charge in [-0.2, -0.15) is 5.10 Å². The lowest BCUT2D eigenvalue weighted by molar-refractivity contribution is -0.131. The number of piperidine rings is 1. The van der Waals surface area contributed by atoms with E-state index >= 15 is 0 Å². The van der Waals surface area contributed by atoms with Crippen molar-refractivity contribution in [1.29, 1.82) is 0 Å². The van der Waals surface area contributed by atoms with E-state index in [1.54, 1.807) is 22.1 Å². The van der Waals surface area contributed by atoms with Crippen LogP contribution in [-0.2, 0) is 17.8 Å². The van der Waals surface area contributed by atoms with Gasteiger partial charge in [0, 0.05) is 36.1 Å². The van der Waals surface area contributed by atoms with Crippen molar-refractivity contribution >= 4 is 17.2 Å². The SMILES string of the molecule is Cc1cc(=O)n(CC2CCN(C(=O)Cc3cccs3)CC2)nc1-c1ccccc1. The molecule has 2 aromatic heterocycles. The van der Waals surface area contributed by atoms with E-state index in [1.807, 2.05) is 59.7 Å². The van der Waals surface area contributed by atoms with E-state index in [1.165, 1.54) is 0 Å². The first-order valence-electron chi connectivity index (χ1n) is 10.0. The summed E-state index contributed by atoms with van der Waals surface area (Å²) >= 11 is 1.63. The standard InChI is InChI=1S/C23H25N3O2S/c1-17-14-22(28)26(24-23(17)19-6-3-2-4-7-19)16-18-9-11-25(12-10-18)21(27)15-20-8-5-13-29-20/h2-8,13-14,18H,9-12,15-16H2,1H3. The molecule has 1 aliphatic rings. The van der Waals surface area contributed by atoms with Crippen LogP contribution in [0.3, 0.4) is 0 Å². The quantitative estimate of drug-likeness (QED) is 0.647. The first-order valence-corrected chi connectivity index (χ1v) is 10.9. The van der Waals surface area contributed by atoms with Gasteiger partial charge in [-0.15, -0.1) is 11.3 Å². The minimum atomic E-state index is -0.0571. The molecule has 4 rings (SSSR count). The molecule has 1 saturated heterocycles. The fourth-order valence-corrected chi connectivity index (χ4v) is 4.57. The van der Waals surface area contributed by atoms with Crippen LogP contribution >= 0.6 is 11.3 Å². The van der Waals surface area contributed by atoms with E-state index < -0.39 is 0 Å². The highest BCUT2D eigenvalue weighted by Gasteiger charge is 2.24. The maximum Gasteiger partial charge on any atom is 0.267 e. The number of amides is 1. The lowest BCUT2D eigenvalue weighted by Gasteiger charge is -2.32. The van der Waals surface area contributed by atoms with Crippen LogP contribution in [0.25, 0.3) is 11.3 Å². The summed E-state index contributed by atoms with van der Waals surface area (Å²) in [5.74, 6) is 0.556. The predicted octanol–water partition coefficient (Wildman–Crippen LogP) is 3.76. The zero-order valence-electron chi connectivity index (χ0n) is 16.6. The topological polar surface area (TPSA) is 55.2 Å². The summed E-state index contributed by atoms with van der Waals surface area (Å²) in [5, 5.41) is 6.67. The summed E-state index contributed by atoms with van der Waals surface area (Å²) in [6.45, 7) is 4.03. The molecule has 0 radical (unpaired) electrons. The molecule has 1 fully saturated rings. The number of rotatable bonds is 5. The van der Waals surface area contributed by atoms with Crippen LogP contribution < -0.4 is 5.56 Å². The van der Waals surface area contributed by atoms with Crippen LogP contribution in [0.2, 0.25) is 0 Å². The number of carbonyl (C=O) groups excluding carboxylic acids is 1. The molecule has 29 heavy (non-hydrogen) atoms. The highest BCUT2D eigenvalue weighted by molar-refractivity contribution is 7.10. The number of hydrogen-bond acceptors (Lipinski definition) is 4. The number of hydrogen-bond donors (Lipinski definition) is 0. The molecular formula is C23H25N3O2S. The van der Waals surface area contributed by atoms with Crippen LogP contribution in [0.5, 0.6) is 0 Å². The molecule has 3 aromatic rings. The van der Waals surface area contributed by atoms with Gasteiger partial charge in [-0.3, -0.25) is 9.59 Å². The number of aromatic nitrogens is 2. The molecule has 3 heterocycles. The number of benzene rings is 1. The fraction of sp³-hybridized carbons (Fsp3) is 0.348. The maximum absolute atomic E-state index is 12.5. The van der Waals surface area contributed by atoms with E-state index in [4.69, 9.17) is 0 Å². The summed E-state index contributed by atoms with van der Waals surface area (Å²) in [6, 6.07) is 15.6. The predicted molar refractivity (Wildman–Crippen MR) is 116 cm³/mol. The second-order valence-corrected chi connectivity index (χ2v) is 8.67. The third-order valence-corrected chi connectivity index (χ3v) is 6.42. The third kappa shape index (κ3) is 4.65. The summed E-state index contributed by atoms with van der Waals surface area (Å²) in [6.07, 6.45) is 2.29. The molecule has 6 heteroatoms. The van der Waals surface area contributed by atoms with E-state index in [0.29, 0.717) is 18.9 Å². The van der Waals surface area contributed by atoms with Gasteiger partial charge in [0.15, 0.2) is 0 Å². The highest BCUT2D eigenvalue weighted by atomic mass is 32.1. The molecule has 0 unspecified atom stereocenters. The Morgan fingerprint density at radius 3 is 2.59 bits per heavy atom. The Morgan fingerprint density at radius 1 is 1.14 bits per heavy atom. The van der Waals surface area contributed by atoms with Gasteiger partial charge < -0.3 is 4.90 Å². The van der Waals surface area contributed by atoms with Crippen LogP contribution in [0.15, 0.2) is 58.7 Å². The number of thiophene rings is 1. The monoisotopic (exact) mass is 407 g/mol. The van der Waals surface area contributed by atoms with E-state index in [2.05, 4.69) is 5.10 Å². The Labute approximate surface area is 174 Å². The Morgan fingerprint density at radius 2 is 1.90 bits per heavy atom. The van der Waals surface area contributed by atoms with Gasteiger partial charge in [-0.1, -0.05) is 36.4 Å². The molecule has 1 amide bonds. The van der Waals surface area contributed by atoms with Crippen LogP contribution in [0.1, 0.15) is 23.3 Å². The normalized spacial score (nSPS) is 14.9. The Hall–Kier alpha value is -2.73. The molecule has 1 aliphatic heterocycles. The van der Waals surface area contributed by atoms with E-state index in [9.17, 15) is 9.59 Å². The molecule has 0 atom stereocenters. The molecule has 0 spiro atoms. The Bertz CT molecular complexity index is 1020. The summed E-state index contributed by atoms with van der Waals surface area (Å²) in [4.78, 5) is 28.0. The average Bonchev–Trinajstić information content (AvgIpc) is 3.24. The molecule has 0 bridgehead atoms. The Balaban J connectivity index is 1.40. The zero-order valence-corrected chi connectivity index (χ0v) is 17.4. The van der Waals surface area contributed by atoms with Gasteiger partial charge in [0.2, 0.25) is 5.91 Å². The minimum absolute atomic E-state index is 0.0571. The second kappa shape index (κ2) is 8.74. The lowest BCUT2D eigenvalue weighted by Crippen LogP contribution is -2.41. The molecule has 1 aromatic carbocycles. The molecule has 150 valence electrons. The zero-order chi connectivity index (χ0) is 20.2. The van der Waals surface area contributed by atoms with Crippen molar-refractivity contribution in [2.24, 2.45) is 5.92 Å². The number of nitrogens with zero attached hydrogens (tertiary/aromatic N) is 3. The van der Waals surface area contributed by atoms with Gasteiger partial charge in [-0.05, 0) is 42.7 Å². The van der Waals surface area contributed by atoms with E-state index in [0.717, 1.165) is 47.6 Å². The van der Waals surface area contributed by atoms with Crippen molar-refractivity contribution in [2.75, 3.05) is 13.1 Å². The summed E-state index contributed by atoms with van der Waals surface area (Å²) in [7, 11) is 0. The molecule has 5 nitrogen and oxygen atoms in total. The van der Waals surface area contributed by atoms with Crippen molar-refractivity contribution in [3.8, 4) is 11.3 Å². The third-order valence-electron chi connectivity index (χ3n) is 5.54. The lowest BCUT2D eigenvalue weighted by atomic mass is 9.96. The van der Waals surface area contributed by atoms with Gasteiger partial charge in [0.25, 0.3) is 5.56 Å². The van der Waals surface area contributed by atoms with Crippen molar-refractivity contribution in [2.45, 2.75) is 32.7 Å². The van der Waals surface area contributed by atoms with Crippen molar-refractivity contribution < 1.29 is 4.79 Å². The van der Waals surface area contributed by atoms with E-state index in [-0.39, 0.29) is 11.5 Å². The Kier molecular flexibility index (Phi) is 5.90. The molecule has 0 aliphatic carbocycles. The second-order valence-electron chi connectivity index (χ2n) is 7.64. The van der Waals surface area contributed by atoms with Gasteiger partial charge >= 0.3 is 0 Å². The maximum atomic E-state index is 12.5. The smallest absolute Gasteiger partial charge is 0.267 e. The fourth-order valence-electron chi connectivity index (χ4n) is 3.87.